The molecule has 3 nitrogen and oxygen atoms in total. The van der Waals surface area contributed by atoms with Crippen LogP contribution in [-0.2, 0) is 6.61 Å². The molecule has 0 radical (unpaired) electrons. The van der Waals surface area contributed by atoms with E-state index >= 15 is 0 Å². The molecule has 78 valence electrons. The molecule has 0 saturated heterocycles. The van der Waals surface area contributed by atoms with Crippen molar-refractivity contribution in [2.75, 3.05) is 7.11 Å². The van der Waals surface area contributed by atoms with Gasteiger partial charge in [-0.05, 0) is 24.3 Å². The van der Waals surface area contributed by atoms with Gasteiger partial charge < -0.3 is 9.47 Å². The molecule has 0 saturated carbocycles. The fraction of sp³-hybridized carbons (Fsp3) is 0.182. The van der Waals surface area contributed by atoms with E-state index in [4.69, 9.17) is 9.47 Å². The minimum atomic E-state index is 0.566. The number of ether oxygens (including phenoxy) is 2. The zero-order valence-corrected chi connectivity index (χ0v) is 9.16. The molecule has 0 spiro atoms. The van der Waals surface area contributed by atoms with E-state index in [2.05, 4.69) is 4.98 Å². The van der Waals surface area contributed by atoms with E-state index in [1.165, 1.54) is 0 Å². The molecule has 2 aromatic rings. The molecule has 0 fully saturated rings. The highest BCUT2D eigenvalue weighted by atomic mass is 32.1. The molecule has 0 aliphatic heterocycles. The Morgan fingerprint density at radius 3 is 2.53 bits per heavy atom. The lowest BCUT2D eigenvalue weighted by Crippen LogP contribution is -1.92. The van der Waals surface area contributed by atoms with Gasteiger partial charge in [-0.1, -0.05) is 0 Å². The van der Waals surface area contributed by atoms with Gasteiger partial charge in [0.1, 0.15) is 18.1 Å². The molecular weight excluding hydrogens is 210 g/mol. The summed E-state index contributed by atoms with van der Waals surface area (Å²) >= 11 is 1.59. The maximum absolute atomic E-state index is 5.56. The van der Waals surface area contributed by atoms with Gasteiger partial charge in [0.15, 0.2) is 0 Å². The van der Waals surface area contributed by atoms with Gasteiger partial charge in [0.2, 0.25) is 0 Å². The fourth-order valence-electron chi connectivity index (χ4n) is 1.14. The van der Waals surface area contributed by atoms with Crippen LogP contribution in [-0.4, -0.2) is 12.1 Å². The van der Waals surface area contributed by atoms with Crippen molar-refractivity contribution in [1.82, 2.24) is 4.98 Å². The topological polar surface area (TPSA) is 31.4 Å². The van der Waals surface area contributed by atoms with Crippen molar-refractivity contribution in [3.63, 3.8) is 0 Å². The lowest BCUT2D eigenvalue weighted by atomic mass is 10.3. The summed E-state index contributed by atoms with van der Waals surface area (Å²) < 4.78 is 10.6. The Morgan fingerprint density at radius 1 is 1.20 bits per heavy atom. The molecule has 1 heterocycles. The van der Waals surface area contributed by atoms with Gasteiger partial charge in [-0.3, -0.25) is 4.98 Å². The van der Waals surface area contributed by atoms with E-state index in [1.54, 1.807) is 24.0 Å². The standard InChI is InChI=1S/C11H11NO2S/c1-13-9-2-4-10(5-3-9)14-7-11-6-12-8-15-11/h2-6,8H,7H2,1H3. The van der Waals surface area contributed by atoms with Crippen molar-refractivity contribution in [3.8, 4) is 11.5 Å². The van der Waals surface area contributed by atoms with Gasteiger partial charge in [0.25, 0.3) is 0 Å². The average molecular weight is 221 g/mol. The first-order chi connectivity index (χ1) is 7.38. The monoisotopic (exact) mass is 221 g/mol. The average Bonchev–Trinajstić information content (AvgIpc) is 2.80. The second-order valence-corrected chi connectivity index (χ2v) is 3.90. The normalized spacial score (nSPS) is 9.93. The minimum Gasteiger partial charge on any atom is -0.497 e. The Bertz CT molecular complexity index is 397. The first-order valence-corrected chi connectivity index (χ1v) is 5.40. The highest BCUT2D eigenvalue weighted by Crippen LogP contribution is 2.18. The highest BCUT2D eigenvalue weighted by molar-refractivity contribution is 7.09. The minimum absolute atomic E-state index is 0.566. The second kappa shape index (κ2) is 4.79. The third-order valence-electron chi connectivity index (χ3n) is 1.92. The van der Waals surface area contributed by atoms with Crippen LogP contribution in [0.15, 0.2) is 36.0 Å². The molecule has 0 aliphatic carbocycles. The largest absolute Gasteiger partial charge is 0.497 e. The quantitative estimate of drug-likeness (QED) is 0.795. The van der Waals surface area contributed by atoms with Gasteiger partial charge in [-0.25, -0.2) is 0 Å². The third-order valence-corrected chi connectivity index (χ3v) is 2.68. The summed E-state index contributed by atoms with van der Waals surface area (Å²) in [4.78, 5) is 5.10. The van der Waals surface area contributed by atoms with E-state index in [0.717, 1.165) is 16.4 Å². The Hall–Kier alpha value is -1.55. The second-order valence-electron chi connectivity index (χ2n) is 2.93. The molecule has 1 aromatic heterocycles. The van der Waals surface area contributed by atoms with Gasteiger partial charge in [-0.15, -0.1) is 11.3 Å². The predicted octanol–water partition coefficient (Wildman–Crippen LogP) is 2.73. The van der Waals surface area contributed by atoms with E-state index in [-0.39, 0.29) is 0 Å². The predicted molar refractivity (Wildman–Crippen MR) is 59.4 cm³/mol. The fourth-order valence-corrected chi connectivity index (χ4v) is 1.65. The number of hydrogen-bond acceptors (Lipinski definition) is 4. The van der Waals surface area contributed by atoms with Crippen LogP contribution in [0.5, 0.6) is 11.5 Å². The van der Waals surface area contributed by atoms with E-state index in [0.29, 0.717) is 6.61 Å². The number of hydrogen-bond donors (Lipinski definition) is 0. The zero-order chi connectivity index (χ0) is 10.5. The number of nitrogens with zero attached hydrogens (tertiary/aromatic N) is 1. The first kappa shape index (κ1) is 9.98. The molecule has 0 aliphatic rings. The van der Waals surface area contributed by atoms with E-state index in [1.807, 2.05) is 30.5 Å². The summed E-state index contributed by atoms with van der Waals surface area (Å²) in [5, 5.41) is 0. The number of aromatic nitrogens is 1. The van der Waals surface area contributed by atoms with Gasteiger partial charge in [0.05, 0.1) is 17.5 Å². The molecule has 0 amide bonds. The molecule has 0 bridgehead atoms. The summed E-state index contributed by atoms with van der Waals surface area (Å²) in [5.74, 6) is 1.67. The summed E-state index contributed by atoms with van der Waals surface area (Å²) in [6, 6.07) is 7.53. The highest BCUT2D eigenvalue weighted by Gasteiger charge is 1.97. The zero-order valence-electron chi connectivity index (χ0n) is 8.34. The lowest BCUT2D eigenvalue weighted by Gasteiger charge is -2.05. The SMILES string of the molecule is COc1ccc(OCc2cncs2)cc1. The molecular formula is C11H11NO2S. The summed E-state index contributed by atoms with van der Waals surface area (Å²) in [6.45, 7) is 0.566. The maximum atomic E-state index is 5.56. The van der Waals surface area contributed by atoms with Crippen molar-refractivity contribution in [3.05, 3.63) is 40.8 Å². The Kier molecular flexibility index (Phi) is 3.19. The Balaban J connectivity index is 1.93. The van der Waals surface area contributed by atoms with Crippen LogP contribution in [0.2, 0.25) is 0 Å². The van der Waals surface area contributed by atoms with Crippen molar-refractivity contribution in [2.45, 2.75) is 6.61 Å². The molecule has 2 rings (SSSR count). The summed E-state index contributed by atoms with van der Waals surface area (Å²) in [7, 11) is 1.65. The molecule has 0 N–H and O–H groups in total. The van der Waals surface area contributed by atoms with Crippen LogP contribution in [0.3, 0.4) is 0 Å². The number of rotatable bonds is 4. The van der Waals surface area contributed by atoms with Gasteiger partial charge in [-0.2, -0.15) is 0 Å². The van der Waals surface area contributed by atoms with E-state index in [9.17, 15) is 0 Å². The number of benzene rings is 1. The maximum Gasteiger partial charge on any atom is 0.124 e. The van der Waals surface area contributed by atoms with Crippen molar-refractivity contribution in [1.29, 1.82) is 0 Å². The van der Waals surface area contributed by atoms with Crippen LogP contribution in [0.25, 0.3) is 0 Å². The summed E-state index contributed by atoms with van der Waals surface area (Å²) in [6.07, 6.45) is 1.81. The number of methoxy groups -OCH3 is 1. The lowest BCUT2D eigenvalue weighted by molar-refractivity contribution is 0.309. The number of thiazole rings is 1. The molecule has 0 atom stereocenters. The Morgan fingerprint density at radius 2 is 1.93 bits per heavy atom. The van der Waals surface area contributed by atoms with Crippen LogP contribution in [0, 0.1) is 0 Å². The molecule has 15 heavy (non-hydrogen) atoms. The Labute approximate surface area is 92.3 Å². The van der Waals surface area contributed by atoms with Gasteiger partial charge in [0, 0.05) is 6.20 Å². The van der Waals surface area contributed by atoms with Crippen molar-refractivity contribution < 1.29 is 9.47 Å². The molecule has 1 aromatic carbocycles. The van der Waals surface area contributed by atoms with Crippen LogP contribution < -0.4 is 9.47 Å². The van der Waals surface area contributed by atoms with E-state index < -0.39 is 0 Å². The summed E-state index contributed by atoms with van der Waals surface area (Å²) in [5.41, 5.74) is 1.80. The van der Waals surface area contributed by atoms with Crippen molar-refractivity contribution in [2.24, 2.45) is 0 Å². The molecule has 4 heteroatoms. The third kappa shape index (κ3) is 2.70. The van der Waals surface area contributed by atoms with Gasteiger partial charge >= 0.3 is 0 Å². The van der Waals surface area contributed by atoms with Crippen molar-refractivity contribution >= 4 is 11.3 Å². The smallest absolute Gasteiger partial charge is 0.124 e. The van der Waals surface area contributed by atoms with Crippen LogP contribution in [0.4, 0.5) is 0 Å². The molecule has 0 unspecified atom stereocenters. The first-order valence-electron chi connectivity index (χ1n) is 4.52. The van der Waals surface area contributed by atoms with Crippen LogP contribution in [0.1, 0.15) is 4.88 Å². The van der Waals surface area contributed by atoms with Crippen LogP contribution >= 0.6 is 11.3 Å².